The Hall–Kier alpha value is -1.82. The number of hydrogen-bond acceptors (Lipinski definition) is 3. The number of aliphatic hydroxyl groups excluding tert-OH is 1. The van der Waals surface area contributed by atoms with E-state index in [1.807, 2.05) is 6.92 Å². The van der Waals surface area contributed by atoms with Crippen LogP contribution in [-0.2, 0) is 6.54 Å². The SMILES string of the molecule is C[C@@H](CO)C(Cn1cncn1)c1ccc(F)cc1F. The zero-order valence-corrected chi connectivity index (χ0v) is 10.5. The molecular formula is C13H15F2N3O. The van der Waals surface area contributed by atoms with E-state index in [-0.39, 0.29) is 18.4 Å². The van der Waals surface area contributed by atoms with Gasteiger partial charge >= 0.3 is 0 Å². The van der Waals surface area contributed by atoms with E-state index in [1.165, 1.54) is 24.8 Å². The van der Waals surface area contributed by atoms with Gasteiger partial charge in [-0.25, -0.2) is 13.8 Å². The largest absolute Gasteiger partial charge is 0.396 e. The predicted octanol–water partition coefficient (Wildman–Crippen LogP) is 1.97. The first-order valence-electron chi connectivity index (χ1n) is 6.00. The summed E-state index contributed by atoms with van der Waals surface area (Å²) >= 11 is 0. The normalized spacial score (nSPS) is 14.3. The van der Waals surface area contributed by atoms with Gasteiger partial charge in [-0.1, -0.05) is 13.0 Å². The molecule has 0 aliphatic rings. The van der Waals surface area contributed by atoms with Crippen molar-refractivity contribution in [2.45, 2.75) is 19.4 Å². The Kier molecular flexibility index (Phi) is 4.21. The van der Waals surface area contributed by atoms with Gasteiger partial charge in [0.05, 0.1) is 6.54 Å². The summed E-state index contributed by atoms with van der Waals surface area (Å²) in [7, 11) is 0. The molecule has 0 saturated heterocycles. The third-order valence-electron chi connectivity index (χ3n) is 3.19. The summed E-state index contributed by atoms with van der Waals surface area (Å²) in [5.41, 5.74) is 0.374. The first-order valence-corrected chi connectivity index (χ1v) is 6.00. The lowest BCUT2D eigenvalue weighted by Gasteiger charge is -2.23. The van der Waals surface area contributed by atoms with Gasteiger partial charge in [0.2, 0.25) is 0 Å². The Morgan fingerprint density at radius 2 is 2.16 bits per heavy atom. The monoisotopic (exact) mass is 267 g/mol. The second kappa shape index (κ2) is 5.88. The fourth-order valence-corrected chi connectivity index (χ4v) is 2.04. The third-order valence-corrected chi connectivity index (χ3v) is 3.19. The first kappa shape index (κ1) is 13.6. The van der Waals surface area contributed by atoms with Crippen molar-refractivity contribution in [1.82, 2.24) is 14.8 Å². The van der Waals surface area contributed by atoms with E-state index in [9.17, 15) is 13.9 Å². The van der Waals surface area contributed by atoms with E-state index in [0.29, 0.717) is 12.1 Å². The maximum absolute atomic E-state index is 13.9. The van der Waals surface area contributed by atoms with Crippen LogP contribution in [0.4, 0.5) is 8.78 Å². The van der Waals surface area contributed by atoms with Gasteiger partial charge in [-0.05, 0) is 17.5 Å². The molecule has 0 saturated carbocycles. The van der Waals surface area contributed by atoms with Gasteiger partial charge in [-0.3, -0.25) is 4.68 Å². The second-order valence-electron chi connectivity index (χ2n) is 4.55. The summed E-state index contributed by atoms with van der Waals surface area (Å²) in [6, 6.07) is 3.49. The number of benzene rings is 1. The molecule has 2 atom stereocenters. The van der Waals surface area contributed by atoms with Crippen molar-refractivity contribution in [3.8, 4) is 0 Å². The summed E-state index contributed by atoms with van der Waals surface area (Å²) in [6.45, 7) is 2.10. The first-order chi connectivity index (χ1) is 9.11. The van der Waals surface area contributed by atoms with Crippen LogP contribution in [0.5, 0.6) is 0 Å². The van der Waals surface area contributed by atoms with Crippen LogP contribution in [0.1, 0.15) is 18.4 Å². The average Bonchev–Trinajstić information content (AvgIpc) is 2.89. The Labute approximate surface area is 109 Å². The molecule has 0 aliphatic heterocycles. The summed E-state index contributed by atoms with van der Waals surface area (Å²) in [6.07, 6.45) is 2.92. The quantitative estimate of drug-likeness (QED) is 0.901. The molecule has 0 spiro atoms. The van der Waals surface area contributed by atoms with E-state index in [2.05, 4.69) is 10.1 Å². The number of nitrogens with zero attached hydrogens (tertiary/aromatic N) is 3. The van der Waals surface area contributed by atoms with E-state index in [0.717, 1.165) is 6.07 Å². The smallest absolute Gasteiger partial charge is 0.137 e. The van der Waals surface area contributed by atoms with Crippen molar-refractivity contribution in [3.63, 3.8) is 0 Å². The topological polar surface area (TPSA) is 50.9 Å². The van der Waals surface area contributed by atoms with Crippen molar-refractivity contribution in [2.24, 2.45) is 5.92 Å². The van der Waals surface area contributed by atoms with E-state index in [1.54, 1.807) is 4.68 Å². The fourth-order valence-electron chi connectivity index (χ4n) is 2.04. The standard InChI is InChI=1S/C13H15F2N3O/c1-9(6-19)12(5-18-8-16-7-17-18)11-3-2-10(14)4-13(11)15/h2-4,7-9,12,19H,5-6H2,1H3/t9-,12?/m0/s1. The zero-order chi connectivity index (χ0) is 13.8. The molecule has 6 heteroatoms. The van der Waals surface area contributed by atoms with Gasteiger partial charge in [-0.2, -0.15) is 5.10 Å². The van der Waals surface area contributed by atoms with Crippen LogP contribution >= 0.6 is 0 Å². The molecule has 1 unspecified atom stereocenters. The van der Waals surface area contributed by atoms with Gasteiger partial charge in [-0.15, -0.1) is 0 Å². The van der Waals surface area contributed by atoms with Crippen LogP contribution in [0.2, 0.25) is 0 Å². The van der Waals surface area contributed by atoms with E-state index >= 15 is 0 Å². The van der Waals surface area contributed by atoms with Crippen LogP contribution in [0, 0.1) is 17.6 Å². The fraction of sp³-hybridized carbons (Fsp3) is 0.385. The highest BCUT2D eigenvalue weighted by atomic mass is 19.1. The number of halogens is 2. The average molecular weight is 267 g/mol. The highest BCUT2D eigenvalue weighted by Crippen LogP contribution is 2.28. The molecule has 1 N–H and O–H groups in total. The Balaban J connectivity index is 2.31. The minimum Gasteiger partial charge on any atom is -0.396 e. The van der Waals surface area contributed by atoms with Crippen molar-refractivity contribution in [3.05, 3.63) is 48.1 Å². The summed E-state index contributed by atoms with van der Waals surface area (Å²) in [5, 5.41) is 13.3. The lowest BCUT2D eigenvalue weighted by Crippen LogP contribution is -2.21. The minimum absolute atomic E-state index is 0.0871. The molecule has 0 bridgehead atoms. The molecule has 0 fully saturated rings. The van der Waals surface area contributed by atoms with Crippen LogP contribution in [0.15, 0.2) is 30.9 Å². The van der Waals surface area contributed by atoms with Gasteiger partial charge in [0.25, 0.3) is 0 Å². The minimum atomic E-state index is -0.614. The van der Waals surface area contributed by atoms with Crippen molar-refractivity contribution >= 4 is 0 Å². The number of aromatic nitrogens is 3. The molecule has 4 nitrogen and oxygen atoms in total. The molecule has 102 valence electrons. The van der Waals surface area contributed by atoms with Crippen LogP contribution in [0.3, 0.4) is 0 Å². The Morgan fingerprint density at radius 3 is 2.74 bits per heavy atom. The Bertz CT molecular complexity index is 531. The van der Waals surface area contributed by atoms with Crippen molar-refractivity contribution in [1.29, 1.82) is 0 Å². The molecule has 2 aromatic rings. The maximum atomic E-state index is 13.9. The zero-order valence-electron chi connectivity index (χ0n) is 10.5. The third kappa shape index (κ3) is 3.14. The van der Waals surface area contributed by atoms with E-state index < -0.39 is 11.6 Å². The highest BCUT2D eigenvalue weighted by Gasteiger charge is 2.23. The van der Waals surface area contributed by atoms with Gasteiger partial charge < -0.3 is 5.11 Å². The van der Waals surface area contributed by atoms with Crippen LogP contribution in [0.25, 0.3) is 0 Å². The molecule has 1 aromatic carbocycles. The molecule has 1 heterocycles. The maximum Gasteiger partial charge on any atom is 0.137 e. The van der Waals surface area contributed by atoms with Crippen molar-refractivity contribution in [2.75, 3.05) is 6.61 Å². The predicted molar refractivity (Wildman–Crippen MR) is 65.4 cm³/mol. The molecule has 19 heavy (non-hydrogen) atoms. The highest BCUT2D eigenvalue weighted by molar-refractivity contribution is 5.23. The molecular weight excluding hydrogens is 252 g/mol. The molecule has 0 radical (unpaired) electrons. The summed E-state index contributed by atoms with van der Waals surface area (Å²) in [5.74, 6) is -1.70. The lowest BCUT2D eigenvalue weighted by molar-refractivity contribution is 0.204. The number of hydrogen-bond donors (Lipinski definition) is 1. The van der Waals surface area contributed by atoms with Gasteiger partial charge in [0, 0.05) is 18.6 Å². The number of aliphatic hydroxyl groups is 1. The molecule has 0 aliphatic carbocycles. The van der Waals surface area contributed by atoms with Gasteiger partial charge in [0.15, 0.2) is 0 Å². The van der Waals surface area contributed by atoms with Crippen LogP contribution in [-0.4, -0.2) is 26.5 Å². The van der Waals surface area contributed by atoms with Gasteiger partial charge in [0.1, 0.15) is 24.3 Å². The van der Waals surface area contributed by atoms with Crippen molar-refractivity contribution < 1.29 is 13.9 Å². The lowest BCUT2D eigenvalue weighted by atomic mass is 9.87. The molecule has 2 rings (SSSR count). The summed E-state index contributed by atoms with van der Waals surface area (Å²) in [4.78, 5) is 3.83. The Morgan fingerprint density at radius 1 is 1.37 bits per heavy atom. The number of rotatable bonds is 5. The van der Waals surface area contributed by atoms with E-state index in [4.69, 9.17) is 0 Å². The molecule has 1 aromatic heterocycles. The second-order valence-corrected chi connectivity index (χ2v) is 4.55. The summed E-state index contributed by atoms with van der Waals surface area (Å²) < 4.78 is 28.4. The molecule has 0 amide bonds. The van der Waals surface area contributed by atoms with Crippen LogP contribution < -0.4 is 0 Å².